The molecule has 9 heteroatoms. The predicted octanol–water partition coefficient (Wildman–Crippen LogP) is 17.5. The Bertz CT molecular complexity index is 5040. The molecular formula is C79H51BN8. The van der Waals surface area contributed by atoms with Gasteiger partial charge in [-0.05, 0) is 112 Å². The van der Waals surface area contributed by atoms with Gasteiger partial charge < -0.3 is 14.4 Å². The van der Waals surface area contributed by atoms with Gasteiger partial charge in [0.05, 0.1) is 28.1 Å². The Morgan fingerprint density at radius 2 is 0.648 bits per heavy atom. The van der Waals surface area contributed by atoms with Crippen molar-refractivity contribution >= 4 is 79.0 Å². The van der Waals surface area contributed by atoms with Crippen LogP contribution in [0.5, 0.6) is 0 Å². The van der Waals surface area contributed by atoms with Crippen LogP contribution in [-0.4, -0.2) is 36.2 Å². The van der Waals surface area contributed by atoms with Crippen molar-refractivity contribution in [2.45, 2.75) is 0 Å². The molecule has 0 saturated carbocycles. The number of aromatic nitrogens is 6. The van der Waals surface area contributed by atoms with Crippen LogP contribution in [0.4, 0.5) is 34.1 Å². The summed E-state index contributed by atoms with van der Waals surface area (Å²) in [6.07, 6.45) is 0. The molecule has 0 spiro atoms. The molecule has 2 aliphatic rings. The van der Waals surface area contributed by atoms with Crippen molar-refractivity contribution in [2.24, 2.45) is 0 Å². The normalized spacial score (nSPS) is 12.2. The van der Waals surface area contributed by atoms with Gasteiger partial charge >= 0.3 is 0 Å². The van der Waals surface area contributed by atoms with Crippen molar-refractivity contribution < 1.29 is 0 Å². The highest BCUT2D eigenvalue weighted by Gasteiger charge is 2.42. The second-order valence-corrected chi connectivity index (χ2v) is 22.4. The van der Waals surface area contributed by atoms with E-state index >= 15 is 0 Å². The van der Waals surface area contributed by atoms with Gasteiger partial charge in [-0.3, -0.25) is 0 Å². The molecule has 88 heavy (non-hydrogen) atoms. The Labute approximate surface area is 509 Å². The van der Waals surface area contributed by atoms with Crippen molar-refractivity contribution in [3.63, 3.8) is 0 Å². The zero-order valence-electron chi connectivity index (χ0n) is 47.6. The quantitative estimate of drug-likeness (QED) is 0.126. The van der Waals surface area contributed by atoms with E-state index in [0.717, 1.165) is 84.0 Å². The fourth-order valence-corrected chi connectivity index (χ4v) is 13.2. The van der Waals surface area contributed by atoms with Crippen LogP contribution in [0, 0.1) is 0 Å². The maximum absolute atomic E-state index is 5.57. The van der Waals surface area contributed by atoms with Crippen LogP contribution in [0.25, 0.3) is 107 Å². The van der Waals surface area contributed by atoms with Gasteiger partial charge in [0, 0.05) is 78.3 Å². The van der Waals surface area contributed by atoms with E-state index in [1.807, 2.05) is 66.7 Å². The van der Waals surface area contributed by atoms with Gasteiger partial charge in [0.2, 0.25) is 0 Å². The molecule has 0 aliphatic carbocycles. The summed E-state index contributed by atoms with van der Waals surface area (Å²) in [6, 6.07) is 109. The van der Waals surface area contributed by atoms with Gasteiger partial charge in [-0.1, -0.05) is 224 Å². The zero-order chi connectivity index (χ0) is 58.1. The molecule has 0 radical (unpaired) electrons. The molecule has 8 nitrogen and oxygen atoms in total. The summed E-state index contributed by atoms with van der Waals surface area (Å²) in [4.78, 5) is 31.2. The fraction of sp³-hybridized carbons (Fsp3) is 0. The number of rotatable bonds is 10. The first kappa shape index (κ1) is 50.7. The van der Waals surface area contributed by atoms with Crippen LogP contribution in [-0.2, 0) is 0 Å². The van der Waals surface area contributed by atoms with Crippen LogP contribution in [0.3, 0.4) is 0 Å². The van der Waals surface area contributed by atoms with Gasteiger partial charge in [0.15, 0.2) is 23.3 Å². The summed E-state index contributed by atoms with van der Waals surface area (Å²) >= 11 is 0. The average molecular weight is 1120 g/mol. The van der Waals surface area contributed by atoms with Crippen LogP contribution in [0.2, 0.25) is 0 Å². The largest absolute Gasteiger partial charge is 0.311 e. The molecule has 15 aromatic rings. The van der Waals surface area contributed by atoms with Gasteiger partial charge in [-0.25, -0.2) is 24.9 Å². The van der Waals surface area contributed by atoms with Crippen molar-refractivity contribution in [1.82, 2.24) is 29.5 Å². The van der Waals surface area contributed by atoms with Crippen molar-refractivity contribution in [1.29, 1.82) is 0 Å². The monoisotopic (exact) mass is 1120 g/mol. The first-order chi connectivity index (χ1) is 43.6. The zero-order valence-corrected chi connectivity index (χ0v) is 47.6. The molecule has 0 bridgehead atoms. The molecule has 0 unspecified atom stereocenters. The first-order valence-electron chi connectivity index (χ1n) is 29.8. The van der Waals surface area contributed by atoms with E-state index in [9.17, 15) is 0 Å². The summed E-state index contributed by atoms with van der Waals surface area (Å²) in [5.41, 5.74) is 23.2. The maximum atomic E-state index is 5.57. The summed E-state index contributed by atoms with van der Waals surface area (Å²) < 4.78 is 2.36. The molecule has 0 amide bonds. The minimum atomic E-state index is 0.0809. The highest BCUT2D eigenvalue weighted by atomic mass is 15.2. The first-order valence-corrected chi connectivity index (χ1v) is 29.8. The molecule has 0 saturated heterocycles. The smallest absolute Gasteiger partial charge is 0.252 e. The summed E-state index contributed by atoms with van der Waals surface area (Å²) in [6.45, 7) is 0.0809. The van der Waals surface area contributed by atoms with E-state index in [2.05, 4.69) is 257 Å². The van der Waals surface area contributed by atoms with Crippen LogP contribution >= 0.6 is 0 Å². The molecule has 0 N–H and O–H groups in total. The minimum Gasteiger partial charge on any atom is -0.311 e. The Morgan fingerprint density at radius 3 is 1.22 bits per heavy atom. The van der Waals surface area contributed by atoms with Crippen LogP contribution in [0.1, 0.15) is 0 Å². The Balaban J connectivity index is 0.780. The molecule has 5 heterocycles. The highest BCUT2D eigenvalue weighted by molar-refractivity contribution is 7.00. The Kier molecular flexibility index (Phi) is 12.1. The molecule has 17 rings (SSSR count). The molecule has 3 aromatic heterocycles. The summed E-state index contributed by atoms with van der Waals surface area (Å²) in [5.74, 6) is 2.35. The molecule has 410 valence electrons. The third kappa shape index (κ3) is 8.58. The fourth-order valence-electron chi connectivity index (χ4n) is 13.2. The number of fused-ring (bicyclic) bond motifs is 7. The SMILES string of the molecule is c1ccc(-c2cc(-c3cc(-c4nc(-c5ccccc5)nc(-c5ccccc5)n4)ccc3-n3c4ccccc4c4ccccc43)nc(-c3ccc(-c4ccc(N5c6ccccc6B6c7ccccc7N(c7ccccc7)c7cccc5c76)cc4)cc3)n2)cc1. The average Bonchev–Trinajstić information content (AvgIpc) is 1.21. The van der Waals surface area contributed by atoms with E-state index in [4.69, 9.17) is 24.9 Å². The second-order valence-electron chi connectivity index (χ2n) is 22.4. The van der Waals surface area contributed by atoms with Crippen molar-refractivity contribution in [2.75, 3.05) is 9.80 Å². The lowest BCUT2D eigenvalue weighted by molar-refractivity contribution is 1.07. The van der Waals surface area contributed by atoms with E-state index < -0.39 is 0 Å². The summed E-state index contributed by atoms with van der Waals surface area (Å²) in [5, 5.41) is 2.33. The minimum absolute atomic E-state index is 0.0809. The standard InChI is InChI=1S/C79H51BN8/c1-5-22-54(23-6-1)66-51-67(63-50-58(46-49-70(63)88-68-34-17-13-30-61(68)62-31-14-18-35-69(62)88)79-84-77(55-24-7-2-8-25-55)83-78(85-79)56-26-9-3-10-27-56)82-76(81-66)57-42-40-52(41-43-57)53-44-47-60(48-45-53)87-72-37-20-16-33-65(72)80-64-32-15-19-36-71(64)86(59-28-11-4-12-29-59)73-38-21-39-74(87)75(73)80/h1-51H. The van der Waals surface area contributed by atoms with E-state index in [1.165, 1.54) is 49.9 Å². The highest BCUT2D eigenvalue weighted by Crippen LogP contribution is 2.45. The van der Waals surface area contributed by atoms with Crippen molar-refractivity contribution in [3.8, 4) is 84.9 Å². The van der Waals surface area contributed by atoms with E-state index in [-0.39, 0.29) is 6.71 Å². The van der Waals surface area contributed by atoms with Gasteiger partial charge in [-0.15, -0.1) is 0 Å². The van der Waals surface area contributed by atoms with Gasteiger partial charge in [0.1, 0.15) is 0 Å². The van der Waals surface area contributed by atoms with Crippen LogP contribution in [0.15, 0.2) is 309 Å². The number of para-hydroxylation sites is 5. The van der Waals surface area contributed by atoms with Crippen molar-refractivity contribution in [3.05, 3.63) is 309 Å². The molecule has 0 atom stereocenters. The number of anilines is 6. The molecule has 12 aromatic carbocycles. The van der Waals surface area contributed by atoms with Crippen LogP contribution < -0.4 is 26.2 Å². The molecule has 2 aliphatic heterocycles. The lowest BCUT2D eigenvalue weighted by atomic mass is 9.33. The number of hydrogen-bond donors (Lipinski definition) is 0. The predicted molar refractivity (Wildman–Crippen MR) is 362 cm³/mol. The lowest BCUT2D eigenvalue weighted by Gasteiger charge is -2.44. The Morgan fingerprint density at radius 1 is 0.250 bits per heavy atom. The molecule has 0 fully saturated rings. The van der Waals surface area contributed by atoms with Gasteiger partial charge in [-0.2, -0.15) is 0 Å². The van der Waals surface area contributed by atoms with Gasteiger partial charge in [0.25, 0.3) is 6.71 Å². The number of hydrogen-bond acceptors (Lipinski definition) is 7. The Hall–Kier alpha value is -11.8. The van der Waals surface area contributed by atoms with E-state index in [1.54, 1.807) is 0 Å². The second kappa shape index (κ2) is 21.1. The summed E-state index contributed by atoms with van der Waals surface area (Å²) in [7, 11) is 0. The third-order valence-electron chi connectivity index (χ3n) is 17.3. The third-order valence-corrected chi connectivity index (χ3v) is 17.3. The maximum Gasteiger partial charge on any atom is 0.252 e. The lowest BCUT2D eigenvalue weighted by Crippen LogP contribution is -2.61. The number of benzene rings is 12. The molecular weight excluding hydrogens is 1070 g/mol. The van der Waals surface area contributed by atoms with E-state index in [0.29, 0.717) is 23.3 Å². The number of nitrogens with zero attached hydrogens (tertiary/aromatic N) is 8. The topological polar surface area (TPSA) is 75.9 Å².